The van der Waals surface area contributed by atoms with Crippen molar-refractivity contribution in [3.63, 3.8) is 0 Å². The Bertz CT molecular complexity index is 1570. The van der Waals surface area contributed by atoms with Crippen LogP contribution in [0.4, 0.5) is 0 Å². The molecule has 0 spiro atoms. The van der Waals surface area contributed by atoms with E-state index in [2.05, 4.69) is 25.5 Å². The lowest BCUT2D eigenvalue weighted by Gasteiger charge is -2.08. The lowest BCUT2D eigenvalue weighted by atomic mass is 10.1. The maximum Gasteiger partial charge on any atom is 0.294 e. The molecule has 0 saturated carbocycles. The Kier molecular flexibility index (Phi) is 4.88. The molecule has 0 fully saturated rings. The highest BCUT2D eigenvalue weighted by atomic mass is 32.1. The molecule has 170 valence electrons. The maximum absolute atomic E-state index is 6.18. The Hall–Kier alpha value is -4.38. The van der Waals surface area contributed by atoms with Crippen LogP contribution in [0.5, 0.6) is 16.7 Å². The van der Waals surface area contributed by atoms with Gasteiger partial charge in [-0.25, -0.2) is 9.50 Å². The van der Waals surface area contributed by atoms with E-state index < -0.39 is 0 Å². The number of nitrogens with one attached hydrogen (secondary N) is 1. The SMILES string of the molecule is COc1cc(OCc2n[nH]nc2-c2ccccc2)c2cc(-c3cn4nc(OC)sc4n3)oc2c1. The largest absolute Gasteiger partial charge is 0.496 e. The van der Waals surface area contributed by atoms with E-state index in [0.717, 1.165) is 16.6 Å². The summed E-state index contributed by atoms with van der Waals surface area (Å²) in [4.78, 5) is 5.31. The molecule has 1 N–H and O–H groups in total. The third-order valence-corrected chi connectivity index (χ3v) is 6.18. The van der Waals surface area contributed by atoms with Gasteiger partial charge in [-0.2, -0.15) is 15.4 Å². The molecule has 4 aromatic heterocycles. The zero-order chi connectivity index (χ0) is 23.1. The van der Waals surface area contributed by atoms with Crippen molar-refractivity contribution in [2.75, 3.05) is 14.2 Å². The molecule has 34 heavy (non-hydrogen) atoms. The summed E-state index contributed by atoms with van der Waals surface area (Å²) >= 11 is 1.35. The van der Waals surface area contributed by atoms with E-state index in [0.29, 0.717) is 44.4 Å². The number of furan rings is 1. The Morgan fingerprint density at radius 1 is 1.06 bits per heavy atom. The molecule has 0 saturated heterocycles. The molecule has 0 unspecified atom stereocenters. The minimum absolute atomic E-state index is 0.216. The van der Waals surface area contributed by atoms with Gasteiger partial charge in [-0.3, -0.25) is 0 Å². The van der Waals surface area contributed by atoms with Crippen LogP contribution in [0.1, 0.15) is 5.69 Å². The molecule has 6 aromatic rings. The molecule has 0 aliphatic rings. The molecular weight excluding hydrogens is 456 g/mol. The first kappa shape index (κ1) is 20.2. The summed E-state index contributed by atoms with van der Waals surface area (Å²) < 4.78 is 24.6. The number of aromatic nitrogens is 6. The van der Waals surface area contributed by atoms with Gasteiger partial charge in [0.1, 0.15) is 40.8 Å². The third kappa shape index (κ3) is 3.52. The predicted octanol–water partition coefficient (Wildman–Crippen LogP) is 4.59. The number of benzene rings is 2. The molecule has 0 bridgehead atoms. The first-order chi connectivity index (χ1) is 16.7. The summed E-state index contributed by atoms with van der Waals surface area (Å²) in [6, 6.07) is 15.4. The van der Waals surface area contributed by atoms with Gasteiger partial charge in [-0.1, -0.05) is 30.3 Å². The fourth-order valence-electron chi connectivity index (χ4n) is 3.66. The average Bonchev–Trinajstić information content (AvgIpc) is 3.64. The van der Waals surface area contributed by atoms with Gasteiger partial charge in [0, 0.05) is 17.7 Å². The van der Waals surface area contributed by atoms with Gasteiger partial charge in [-0.15, -0.1) is 5.10 Å². The number of hydrogen-bond acceptors (Lipinski definition) is 9. The molecule has 0 radical (unpaired) electrons. The Morgan fingerprint density at radius 3 is 2.74 bits per heavy atom. The molecule has 0 aliphatic carbocycles. The van der Waals surface area contributed by atoms with Crippen molar-refractivity contribution in [2.45, 2.75) is 6.61 Å². The van der Waals surface area contributed by atoms with Crippen molar-refractivity contribution in [2.24, 2.45) is 0 Å². The molecule has 0 aliphatic heterocycles. The van der Waals surface area contributed by atoms with Crippen LogP contribution in [0.15, 0.2) is 59.1 Å². The molecule has 10 nitrogen and oxygen atoms in total. The van der Waals surface area contributed by atoms with Crippen molar-refractivity contribution < 1.29 is 18.6 Å². The average molecular weight is 475 g/mol. The second-order valence-corrected chi connectivity index (χ2v) is 8.27. The Balaban J connectivity index is 1.34. The molecule has 4 heterocycles. The molecule has 2 aromatic carbocycles. The number of nitrogens with zero attached hydrogens (tertiary/aromatic N) is 5. The fourth-order valence-corrected chi connectivity index (χ4v) is 4.36. The zero-order valence-corrected chi connectivity index (χ0v) is 19.0. The molecule has 11 heteroatoms. The fraction of sp³-hybridized carbons (Fsp3) is 0.130. The van der Waals surface area contributed by atoms with Crippen LogP contribution in [0, 0.1) is 0 Å². The van der Waals surface area contributed by atoms with Gasteiger partial charge in [0.25, 0.3) is 5.19 Å². The van der Waals surface area contributed by atoms with E-state index in [4.69, 9.17) is 18.6 Å². The van der Waals surface area contributed by atoms with Crippen molar-refractivity contribution in [3.05, 3.63) is 60.4 Å². The highest BCUT2D eigenvalue weighted by Gasteiger charge is 2.18. The highest BCUT2D eigenvalue weighted by molar-refractivity contribution is 7.18. The number of aromatic amines is 1. The molecule has 6 rings (SSSR count). The second-order valence-electron chi connectivity index (χ2n) is 7.35. The maximum atomic E-state index is 6.18. The number of methoxy groups -OCH3 is 2. The number of rotatable bonds is 7. The standard InChI is InChI=1S/C23H18N6O4S/c1-30-14-8-18(32-12-17-21(26-28-25-17)13-6-4-3-5-7-13)15-10-20(33-19(15)9-14)16-11-29-22(24-16)34-23(27-29)31-2/h3-11H,12H2,1-2H3,(H,25,26,28). The van der Waals surface area contributed by atoms with Crippen molar-refractivity contribution in [1.82, 2.24) is 30.0 Å². The van der Waals surface area contributed by atoms with E-state index in [1.54, 1.807) is 24.9 Å². The smallest absolute Gasteiger partial charge is 0.294 e. The first-order valence-electron chi connectivity index (χ1n) is 10.3. The summed E-state index contributed by atoms with van der Waals surface area (Å²) in [5.74, 6) is 1.81. The van der Waals surface area contributed by atoms with Gasteiger partial charge >= 0.3 is 0 Å². The van der Waals surface area contributed by atoms with Crippen LogP contribution in [0.25, 0.3) is 38.6 Å². The molecule has 0 amide bonds. The number of imidazole rings is 1. The van der Waals surface area contributed by atoms with Crippen LogP contribution < -0.4 is 14.2 Å². The number of hydrogen-bond donors (Lipinski definition) is 1. The van der Waals surface area contributed by atoms with Crippen molar-refractivity contribution >= 4 is 27.3 Å². The molecule has 0 atom stereocenters. The van der Waals surface area contributed by atoms with Gasteiger partial charge in [-0.05, 0) is 17.4 Å². The highest BCUT2D eigenvalue weighted by Crippen LogP contribution is 2.37. The number of fused-ring (bicyclic) bond motifs is 2. The normalized spacial score (nSPS) is 11.4. The van der Waals surface area contributed by atoms with Gasteiger partial charge in [0.05, 0.1) is 25.8 Å². The quantitative estimate of drug-likeness (QED) is 0.358. The van der Waals surface area contributed by atoms with Gasteiger partial charge in [0.15, 0.2) is 5.76 Å². The summed E-state index contributed by atoms with van der Waals surface area (Å²) in [6.45, 7) is 0.216. The zero-order valence-electron chi connectivity index (χ0n) is 18.2. The lowest BCUT2D eigenvalue weighted by molar-refractivity contribution is 0.303. The van der Waals surface area contributed by atoms with Crippen LogP contribution in [-0.2, 0) is 6.61 Å². The first-order valence-corrected chi connectivity index (χ1v) is 11.1. The van der Waals surface area contributed by atoms with Crippen molar-refractivity contribution in [3.8, 4) is 39.4 Å². The summed E-state index contributed by atoms with van der Waals surface area (Å²) in [5.41, 5.74) is 3.68. The van der Waals surface area contributed by atoms with Crippen LogP contribution >= 0.6 is 11.3 Å². The van der Waals surface area contributed by atoms with Crippen LogP contribution in [0.3, 0.4) is 0 Å². The summed E-state index contributed by atoms with van der Waals surface area (Å²) in [6.07, 6.45) is 1.80. The Morgan fingerprint density at radius 2 is 1.94 bits per heavy atom. The predicted molar refractivity (Wildman–Crippen MR) is 125 cm³/mol. The summed E-state index contributed by atoms with van der Waals surface area (Å²) in [7, 11) is 3.18. The van der Waals surface area contributed by atoms with E-state index in [1.165, 1.54) is 11.3 Å². The van der Waals surface area contributed by atoms with Crippen LogP contribution in [-0.4, -0.2) is 44.2 Å². The van der Waals surface area contributed by atoms with Gasteiger partial charge < -0.3 is 18.6 Å². The van der Waals surface area contributed by atoms with Gasteiger partial charge in [0.2, 0.25) is 4.96 Å². The summed E-state index contributed by atoms with van der Waals surface area (Å²) in [5, 5.41) is 16.9. The molecular formula is C23H18N6O4S. The van der Waals surface area contributed by atoms with E-state index >= 15 is 0 Å². The minimum Gasteiger partial charge on any atom is -0.496 e. The van der Waals surface area contributed by atoms with Crippen molar-refractivity contribution in [1.29, 1.82) is 0 Å². The second kappa shape index (κ2) is 8.19. The number of ether oxygens (including phenoxy) is 3. The topological polar surface area (TPSA) is 113 Å². The third-order valence-electron chi connectivity index (χ3n) is 5.29. The minimum atomic E-state index is 0.216. The number of H-pyrrole nitrogens is 1. The van der Waals surface area contributed by atoms with E-state index in [9.17, 15) is 0 Å². The monoisotopic (exact) mass is 474 g/mol. The van der Waals surface area contributed by atoms with Crippen LogP contribution in [0.2, 0.25) is 0 Å². The van der Waals surface area contributed by atoms with E-state index in [-0.39, 0.29) is 6.61 Å². The Labute approximate surface area is 196 Å². The lowest BCUT2D eigenvalue weighted by Crippen LogP contribution is -1.99. The van der Waals surface area contributed by atoms with E-state index in [1.807, 2.05) is 48.5 Å².